The minimum Gasteiger partial charge on any atom is -0.496 e. The molecule has 1 saturated heterocycles. The SMILES string of the molecule is CCCC(=O)N1CCC(NC(=O)c2ccccc2OC)CC1. The highest BCUT2D eigenvalue weighted by atomic mass is 16.5. The van der Waals surface area contributed by atoms with Crippen molar-refractivity contribution in [3.05, 3.63) is 29.8 Å². The van der Waals surface area contributed by atoms with Gasteiger partial charge in [-0.25, -0.2) is 0 Å². The molecule has 120 valence electrons. The standard InChI is InChI=1S/C17H24N2O3/c1-3-6-16(20)19-11-9-13(10-12-19)18-17(21)14-7-4-5-8-15(14)22-2/h4-5,7-8,13H,3,6,9-12H2,1-2H3,(H,18,21). The van der Waals surface area contributed by atoms with Crippen LogP contribution in [-0.4, -0.2) is 43.0 Å². The van der Waals surface area contributed by atoms with Gasteiger partial charge in [0.2, 0.25) is 5.91 Å². The van der Waals surface area contributed by atoms with Crippen LogP contribution in [0.15, 0.2) is 24.3 Å². The first-order chi connectivity index (χ1) is 10.7. The zero-order chi connectivity index (χ0) is 15.9. The first kappa shape index (κ1) is 16.3. The molecule has 22 heavy (non-hydrogen) atoms. The molecule has 1 aromatic carbocycles. The van der Waals surface area contributed by atoms with E-state index in [1.54, 1.807) is 19.2 Å². The molecule has 0 radical (unpaired) electrons. The number of nitrogens with zero attached hydrogens (tertiary/aromatic N) is 1. The third-order valence-electron chi connectivity index (χ3n) is 4.00. The van der Waals surface area contributed by atoms with Crippen molar-refractivity contribution < 1.29 is 14.3 Å². The summed E-state index contributed by atoms with van der Waals surface area (Å²) in [5.74, 6) is 0.684. The van der Waals surface area contributed by atoms with E-state index >= 15 is 0 Å². The summed E-state index contributed by atoms with van der Waals surface area (Å²) in [4.78, 5) is 26.1. The van der Waals surface area contributed by atoms with E-state index in [9.17, 15) is 9.59 Å². The summed E-state index contributed by atoms with van der Waals surface area (Å²) in [6, 6.07) is 7.31. The maximum atomic E-state index is 12.3. The van der Waals surface area contributed by atoms with Gasteiger partial charge in [0.1, 0.15) is 5.75 Å². The molecule has 0 aliphatic carbocycles. The predicted octanol–water partition coefficient (Wildman–Crippen LogP) is 2.22. The Morgan fingerprint density at radius 3 is 2.59 bits per heavy atom. The van der Waals surface area contributed by atoms with E-state index in [1.807, 2.05) is 24.0 Å². The number of amides is 2. The fraction of sp³-hybridized carbons (Fsp3) is 0.529. The number of hydrogen-bond acceptors (Lipinski definition) is 3. The predicted molar refractivity (Wildman–Crippen MR) is 85.0 cm³/mol. The van der Waals surface area contributed by atoms with Crippen LogP contribution in [0.25, 0.3) is 0 Å². The van der Waals surface area contributed by atoms with Crippen LogP contribution < -0.4 is 10.1 Å². The van der Waals surface area contributed by atoms with Crippen LogP contribution in [0, 0.1) is 0 Å². The summed E-state index contributed by atoms with van der Waals surface area (Å²) >= 11 is 0. The van der Waals surface area contributed by atoms with Crippen LogP contribution in [0.1, 0.15) is 43.0 Å². The third kappa shape index (κ3) is 4.00. The number of rotatable bonds is 5. The smallest absolute Gasteiger partial charge is 0.255 e. The van der Waals surface area contributed by atoms with Gasteiger partial charge in [-0.2, -0.15) is 0 Å². The van der Waals surface area contributed by atoms with Crippen LogP contribution >= 0.6 is 0 Å². The number of methoxy groups -OCH3 is 1. The molecule has 5 nitrogen and oxygen atoms in total. The molecule has 0 spiro atoms. The summed E-state index contributed by atoms with van der Waals surface area (Å²) in [6.07, 6.45) is 3.09. The number of benzene rings is 1. The second-order valence-electron chi connectivity index (χ2n) is 5.58. The lowest BCUT2D eigenvalue weighted by molar-refractivity contribution is -0.132. The first-order valence-electron chi connectivity index (χ1n) is 7.87. The minimum absolute atomic E-state index is 0.114. The molecule has 2 rings (SSSR count). The lowest BCUT2D eigenvalue weighted by Gasteiger charge is -2.32. The fourth-order valence-electron chi connectivity index (χ4n) is 2.74. The molecule has 2 amide bonds. The molecule has 1 aliphatic heterocycles. The molecule has 1 aliphatic rings. The Balaban J connectivity index is 1.88. The van der Waals surface area contributed by atoms with Gasteiger partial charge in [-0.3, -0.25) is 9.59 Å². The van der Waals surface area contributed by atoms with E-state index in [-0.39, 0.29) is 17.9 Å². The highest BCUT2D eigenvalue weighted by Crippen LogP contribution is 2.18. The topological polar surface area (TPSA) is 58.6 Å². The number of carbonyl (C=O) groups is 2. The maximum Gasteiger partial charge on any atom is 0.255 e. The van der Waals surface area contributed by atoms with E-state index in [0.29, 0.717) is 17.7 Å². The van der Waals surface area contributed by atoms with Crippen molar-refractivity contribution >= 4 is 11.8 Å². The zero-order valence-corrected chi connectivity index (χ0v) is 13.3. The lowest BCUT2D eigenvalue weighted by Crippen LogP contribution is -2.46. The van der Waals surface area contributed by atoms with Crippen molar-refractivity contribution in [2.24, 2.45) is 0 Å². The Labute approximate surface area is 131 Å². The van der Waals surface area contributed by atoms with Crippen molar-refractivity contribution in [1.29, 1.82) is 0 Å². The van der Waals surface area contributed by atoms with Crippen LogP contribution in [0.2, 0.25) is 0 Å². The molecule has 1 N–H and O–H groups in total. The monoisotopic (exact) mass is 304 g/mol. The van der Waals surface area contributed by atoms with Gasteiger partial charge in [0.05, 0.1) is 12.7 Å². The number of likely N-dealkylation sites (tertiary alicyclic amines) is 1. The van der Waals surface area contributed by atoms with Gasteiger partial charge in [0, 0.05) is 25.6 Å². The molecule has 0 aromatic heterocycles. The summed E-state index contributed by atoms with van der Waals surface area (Å²) in [5.41, 5.74) is 0.550. The van der Waals surface area contributed by atoms with Crippen LogP contribution in [-0.2, 0) is 4.79 Å². The molecule has 1 aromatic rings. The molecule has 0 unspecified atom stereocenters. The second-order valence-corrected chi connectivity index (χ2v) is 5.58. The Morgan fingerprint density at radius 2 is 1.95 bits per heavy atom. The quantitative estimate of drug-likeness (QED) is 0.907. The van der Waals surface area contributed by atoms with E-state index in [4.69, 9.17) is 4.74 Å². The molecule has 0 saturated carbocycles. The Bertz CT molecular complexity index is 522. The van der Waals surface area contributed by atoms with E-state index in [0.717, 1.165) is 32.4 Å². The molecule has 0 atom stereocenters. The van der Waals surface area contributed by atoms with Crippen molar-refractivity contribution in [2.45, 2.75) is 38.6 Å². The van der Waals surface area contributed by atoms with Crippen LogP contribution in [0.3, 0.4) is 0 Å². The summed E-state index contributed by atoms with van der Waals surface area (Å²) < 4.78 is 5.22. The van der Waals surface area contributed by atoms with Gasteiger partial charge < -0.3 is 15.0 Å². The van der Waals surface area contributed by atoms with Crippen LogP contribution in [0.5, 0.6) is 5.75 Å². The highest BCUT2D eigenvalue weighted by Gasteiger charge is 2.24. The van der Waals surface area contributed by atoms with Crippen LogP contribution in [0.4, 0.5) is 0 Å². The molecule has 0 bridgehead atoms. The maximum absolute atomic E-state index is 12.3. The number of nitrogens with one attached hydrogen (secondary N) is 1. The number of hydrogen-bond donors (Lipinski definition) is 1. The molecular formula is C17H24N2O3. The molecule has 5 heteroatoms. The van der Waals surface area contributed by atoms with E-state index < -0.39 is 0 Å². The molecule has 1 fully saturated rings. The lowest BCUT2D eigenvalue weighted by atomic mass is 10.0. The minimum atomic E-state index is -0.115. The highest BCUT2D eigenvalue weighted by molar-refractivity contribution is 5.97. The van der Waals surface area contributed by atoms with Gasteiger partial charge >= 0.3 is 0 Å². The molecule has 1 heterocycles. The number of ether oxygens (including phenoxy) is 1. The summed E-state index contributed by atoms with van der Waals surface area (Å²) in [5, 5.41) is 3.04. The van der Waals surface area contributed by atoms with Crippen molar-refractivity contribution in [3.8, 4) is 5.75 Å². The van der Waals surface area contributed by atoms with Gasteiger partial charge in [0.25, 0.3) is 5.91 Å². The van der Waals surface area contributed by atoms with Gasteiger partial charge in [0.15, 0.2) is 0 Å². The number of piperidine rings is 1. The normalized spacial score (nSPS) is 15.5. The second kappa shape index (κ2) is 7.82. The van der Waals surface area contributed by atoms with E-state index in [2.05, 4.69) is 5.32 Å². The average Bonchev–Trinajstić information content (AvgIpc) is 2.55. The van der Waals surface area contributed by atoms with Crippen molar-refractivity contribution in [1.82, 2.24) is 10.2 Å². The van der Waals surface area contributed by atoms with Crippen molar-refractivity contribution in [3.63, 3.8) is 0 Å². The summed E-state index contributed by atoms with van der Waals surface area (Å²) in [7, 11) is 1.56. The van der Waals surface area contributed by atoms with Gasteiger partial charge in [-0.15, -0.1) is 0 Å². The molecular weight excluding hydrogens is 280 g/mol. The average molecular weight is 304 g/mol. The van der Waals surface area contributed by atoms with Gasteiger partial charge in [-0.1, -0.05) is 19.1 Å². The largest absolute Gasteiger partial charge is 0.496 e. The third-order valence-corrected chi connectivity index (χ3v) is 4.00. The van der Waals surface area contributed by atoms with Crippen molar-refractivity contribution in [2.75, 3.05) is 20.2 Å². The fourth-order valence-corrected chi connectivity index (χ4v) is 2.74. The van der Waals surface area contributed by atoms with Gasteiger partial charge in [-0.05, 0) is 31.4 Å². The Morgan fingerprint density at radius 1 is 1.27 bits per heavy atom. The Kier molecular flexibility index (Phi) is 5.81. The number of para-hydroxylation sites is 1. The number of carbonyl (C=O) groups excluding carboxylic acids is 2. The summed E-state index contributed by atoms with van der Waals surface area (Å²) in [6.45, 7) is 3.45. The Hall–Kier alpha value is -2.04. The zero-order valence-electron chi connectivity index (χ0n) is 13.3. The first-order valence-corrected chi connectivity index (χ1v) is 7.87. The van der Waals surface area contributed by atoms with E-state index in [1.165, 1.54) is 0 Å².